The molecule has 0 fully saturated rings. The summed E-state index contributed by atoms with van der Waals surface area (Å²) in [6, 6.07) is 11.6. The van der Waals surface area contributed by atoms with E-state index in [2.05, 4.69) is 22.2 Å². The number of nitrogens with zero attached hydrogens (tertiary/aromatic N) is 5. The molecule has 0 atom stereocenters. The van der Waals surface area contributed by atoms with E-state index in [-0.39, 0.29) is 6.04 Å². The van der Waals surface area contributed by atoms with Gasteiger partial charge in [0.2, 0.25) is 0 Å². The molecule has 0 aliphatic rings. The van der Waals surface area contributed by atoms with Crippen molar-refractivity contribution in [2.45, 2.75) is 6.04 Å². The minimum Gasteiger partial charge on any atom is -0.239 e. The average Bonchev–Trinajstić information content (AvgIpc) is 3.21. The van der Waals surface area contributed by atoms with E-state index in [9.17, 15) is 0 Å². The molecular formula is C13H7N5S2. The Labute approximate surface area is 123 Å². The Morgan fingerprint density at radius 3 is 2.00 bits per heavy atom. The molecule has 0 aromatic carbocycles. The fourth-order valence-electron chi connectivity index (χ4n) is 1.87. The smallest absolute Gasteiger partial charge is 0.137 e. The van der Waals surface area contributed by atoms with Crippen molar-refractivity contribution in [3.63, 3.8) is 0 Å². The number of hydrogen-bond donors (Lipinski definition) is 0. The highest BCUT2D eigenvalue weighted by Gasteiger charge is 2.21. The van der Waals surface area contributed by atoms with Gasteiger partial charge in [-0.3, -0.25) is 0 Å². The summed E-state index contributed by atoms with van der Waals surface area (Å²) >= 11 is 2.85. The molecule has 0 aliphatic carbocycles. The van der Waals surface area contributed by atoms with Gasteiger partial charge >= 0.3 is 0 Å². The van der Waals surface area contributed by atoms with E-state index in [0.717, 1.165) is 9.75 Å². The standard InChI is InChI=1S/C13H7N5S2/c14-5-9-1-3-11(19-9)13(18-8-16-7-17-18)12-4-2-10(6-15)20-12/h1-4,7-8,13H. The maximum atomic E-state index is 8.96. The molecule has 0 amide bonds. The van der Waals surface area contributed by atoms with Crippen LogP contribution < -0.4 is 0 Å². The monoisotopic (exact) mass is 297 g/mol. The van der Waals surface area contributed by atoms with Crippen molar-refractivity contribution in [2.24, 2.45) is 0 Å². The van der Waals surface area contributed by atoms with E-state index in [1.54, 1.807) is 23.1 Å². The molecular weight excluding hydrogens is 290 g/mol. The zero-order valence-electron chi connectivity index (χ0n) is 10.1. The third-order valence-corrected chi connectivity index (χ3v) is 4.80. The first-order valence-corrected chi connectivity index (χ1v) is 7.29. The molecule has 0 radical (unpaired) electrons. The Morgan fingerprint density at radius 2 is 1.60 bits per heavy atom. The summed E-state index contributed by atoms with van der Waals surface area (Å²) in [5, 5.41) is 22.1. The summed E-state index contributed by atoms with van der Waals surface area (Å²) in [6.07, 6.45) is 3.12. The zero-order valence-corrected chi connectivity index (χ0v) is 11.7. The highest BCUT2D eigenvalue weighted by molar-refractivity contribution is 7.14. The van der Waals surface area contributed by atoms with Gasteiger partial charge in [0.25, 0.3) is 0 Å². The van der Waals surface area contributed by atoms with E-state index in [1.807, 2.05) is 12.1 Å². The predicted octanol–water partition coefficient (Wildman–Crippen LogP) is 2.78. The lowest BCUT2D eigenvalue weighted by Gasteiger charge is -2.13. The van der Waals surface area contributed by atoms with E-state index < -0.39 is 0 Å². The fourth-order valence-corrected chi connectivity index (χ4v) is 3.78. The lowest BCUT2D eigenvalue weighted by atomic mass is 10.2. The highest BCUT2D eigenvalue weighted by atomic mass is 32.1. The van der Waals surface area contributed by atoms with Crippen LogP contribution in [0.15, 0.2) is 36.9 Å². The van der Waals surface area contributed by atoms with Gasteiger partial charge in [-0.2, -0.15) is 15.6 Å². The summed E-state index contributed by atoms with van der Waals surface area (Å²) in [7, 11) is 0. The van der Waals surface area contributed by atoms with Crippen LogP contribution in [0.5, 0.6) is 0 Å². The Hall–Kier alpha value is -2.48. The number of aromatic nitrogens is 3. The van der Waals surface area contributed by atoms with Gasteiger partial charge in [0, 0.05) is 9.75 Å². The Bertz CT molecular complexity index is 748. The fraction of sp³-hybridized carbons (Fsp3) is 0.0769. The molecule has 96 valence electrons. The number of thiophene rings is 2. The minimum absolute atomic E-state index is 0.142. The van der Waals surface area contributed by atoms with Crippen molar-refractivity contribution in [1.82, 2.24) is 14.8 Å². The van der Waals surface area contributed by atoms with Gasteiger partial charge in [-0.05, 0) is 24.3 Å². The summed E-state index contributed by atoms with van der Waals surface area (Å²) < 4.78 is 1.74. The molecule has 0 bridgehead atoms. The highest BCUT2D eigenvalue weighted by Crippen LogP contribution is 2.34. The van der Waals surface area contributed by atoms with Gasteiger partial charge in [-0.25, -0.2) is 9.67 Å². The quantitative estimate of drug-likeness (QED) is 0.744. The first kappa shape index (κ1) is 12.5. The molecule has 3 aromatic heterocycles. The van der Waals surface area contributed by atoms with Crippen LogP contribution >= 0.6 is 22.7 Å². The van der Waals surface area contributed by atoms with Crippen molar-refractivity contribution in [3.8, 4) is 12.1 Å². The van der Waals surface area contributed by atoms with Crippen LogP contribution in [0, 0.1) is 22.7 Å². The Morgan fingerprint density at radius 1 is 1.00 bits per heavy atom. The Kier molecular flexibility index (Phi) is 3.30. The van der Waals surface area contributed by atoms with Gasteiger partial charge < -0.3 is 0 Å². The van der Waals surface area contributed by atoms with Crippen LogP contribution in [0.3, 0.4) is 0 Å². The molecule has 20 heavy (non-hydrogen) atoms. The normalized spacial score (nSPS) is 10.3. The molecule has 0 saturated carbocycles. The van der Waals surface area contributed by atoms with Gasteiger partial charge in [-0.1, -0.05) is 0 Å². The molecule has 0 N–H and O–H groups in total. The van der Waals surface area contributed by atoms with Crippen molar-refractivity contribution in [2.75, 3.05) is 0 Å². The molecule has 3 heterocycles. The Balaban J connectivity index is 2.09. The molecule has 0 unspecified atom stereocenters. The van der Waals surface area contributed by atoms with Crippen LogP contribution in [0.25, 0.3) is 0 Å². The number of rotatable bonds is 3. The summed E-state index contributed by atoms with van der Waals surface area (Å²) in [5.74, 6) is 0. The topological polar surface area (TPSA) is 78.3 Å². The third-order valence-electron chi connectivity index (χ3n) is 2.71. The van der Waals surface area contributed by atoms with Crippen LogP contribution in [-0.2, 0) is 0 Å². The van der Waals surface area contributed by atoms with Crippen LogP contribution in [-0.4, -0.2) is 14.8 Å². The van der Waals surface area contributed by atoms with Gasteiger partial charge in [0.15, 0.2) is 0 Å². The van der Waals surface area contributed by atoms with Crippen molar-refractivity contribution in [3.05, 3.63) is 56.4 Å². The predicted molar refractivity (Wildman–Crippen MR) is 75.3 cm³/mol. The molecule has 0 spiro atoms. The SMILES string of the molecule is N#Cc1ccc(C(c2ccc(C#N)s2)n2cncn2)s1. The molecule has 5 nitrogen and oxygen atoms in total. The first-order valence-electron chi connectivity index (χ1n) is 5.65. The second-order valence-electron chi connectivity index (χ2n) is 3.91. The maximum Gasteiger partial charge on any atom is 0.137 e. The second-order valence-corrected chi connectivity index (χ2v) is 6.14. The van der Waals surface area contributed by atoms with E-state index in [1.165, 1.54) is 29.0 Å². The number of nitriles is 2. The first-order chi connectivity index (χ1) is 9.81. The van der Waals surface area contributed by atoms with E-state index in [0.29, 0.717) is 9.75 Å². The van der Waals surface area contributed by atoms with Gasteiger partial charge in [0.05, 0.1) is 0 Å². The zero-order chi connectivity index (χ0) is 13.9. The molecule has 0 saturated heterocycles. The number of hydrogen-bond acceptors (Lipinski definition) is 6. The summed E-state index contributed by atoms with van der Waals surface area (Å²) in [6.45, 7) is 0. The summed E-state index contributed by atoms with van der Waals surface area (Å²) in [4.78, 5) is 7.29. The molecule has 0 aliphatic heterocycles. The molecule has 3 rings (SSSR count). The molecule has 7 heteroatoms. The van der Waals surface area contributed by atoms with Crippen LogP contribution in [0.4, 0.5) is 0 Å². The lowest BCUT2D eigenvalue weighted by molar-refractivity contribution is 0.610. The largest absolute Gasteiger partial charge is 0.239 e. The van der Waals surface area contributed by atoms with Crippen LogP contribution in [0.2, 0.25) is 0 Å². The maximum absolute atomic E-state index is 8.96. The minimum atomic E-state index is -0.142. The van der Waals surface area contributed by atoms with Crippen molar-refractivity contribution < 1.29 is 0 Å². The van der Waals surface area contributed by atoms with Gasteiger partial charge in [-0.15, -0.1) is 22.7 Å². The van der Waals surface area contributed by atoms with E-state index >= 15 is 0 Å². The van der Waals surface area contributed by atoms with Gasteiger partial charge in [0.1, 0.15) is 40.6 Å². The summed E-state index contributed by atoms with van der Waals surface area (Å²) in [5.41, 5.74) is 0. The molecule has 3 aromatic rings. The van der Waals surface area contributed by atoms with Crippen LogP contribution in [0.1, 0.15) is 25.6 Å². The van der Waals surface area contributed by atoms with Crippen molar-refractivity contribution >= 4 is 22.7 Å². The van der Waals surface area contributed by atoms with E-state index in [4.69, 9.17) is 10.5 Å². The van der Waals surface area contributed by atoms with Crippen molar-refractivity contribution in [1.29, 1.82) is 10.5 Å². The average molecular weight is 297 g/mol. The second kappa shape index (κ2) is 5.25. The third kappa shape index (κ3) is 2.21. The lowest BCUT2D eigenvalue weighted by Crippen LogP contribution is -2.09.